The number of pyridine rings is 2. The van der Waals surface area contributed by atoms with Crippen LogP contribution in [0.1, 0.15) is 18.1 Å². The van der Waals surface area contributed by atoms with Crippen molar-refractivity contribution >= 4 is 55.1 Å². The smallest absolute Gasteiger partial charge is 0.0963 e. The topological polar surface area (TPSA) is 35.6 Å². The lowest BCUT2D eigenvalue weighted by Gasteiger charge is -2.20. The summed E-state index contributed by atoms with van der Waals surface area (Å²) in [5, 5.41) is 2.34. The molecule has 0 saturated carbocycles. The molecule has 0 N–H and O–H groups in total. The third kappa shape index (κ3) is 3.12. The number of benzene rings is 3. The Balaban J connectivity index is 1.36. The van der Waals surface area contributed by atoms with E-state index < -0.39 is 0 Å². The van der Waals surface area contributed by atoms with E-state index in [-0.39, 0.29) is 5.92 Å². The molecule has 8 rings (SSSR count). The molecule has 0 bridgehead atoms. The fourth-order valence-electron chi connectivity index (χ4n) is 6.50. The first-order chi connectivity index (χ1) is 19.2. The molecule has 0 amide bonds. The van der Waals surface area contributed by atoms with E-state index in [4.69, 9.17) is 9.97 Å². The Hall–Kier alpha value is -4.96. The maximum Gasteiger partial charge on any atom is 0.0963 e. The SMILES string of the molecule is C=C1C=C(n2c3ccccc3c3ncccc32)C(C)Cc2c1cccc2-n1c2ccccc2c2ncccc21. The summed E-state index contributed by atoms with van der Waals surface area (Å²) in [4.78, 5) is 9.52. The van der Waals surface area contributed by atoms with E-state index in [1.54, 1.807) is 0 Å². The maximum absolute atomic E-state index is 4.76. The number of hydrogen-bond acceptors (Lipinski definition) is 2. The lowest BCUT2D eigenvalue weighted by Crippen LogP contribution is -2.10. The molecule has 39 heavy (non-hydrogen) atoms. The first-order valence-electron chi connectivity index (χ1n) is 13.4. The third-order valence-electron chi connectivity index (χ3n) is 8.19. The molecule has 1 atom stereocenters. The molecule has 7 aromatic rings. The number of allylic oxidation sites excluding steroid dienone is 3. The molecule has 3 aromatic carbocycles. The van der Waals surface area contributed by atoms with Gasteiger partial charge in [-0.2, -0.15) is 0 Å². The number of para-hydroxylation sites is 2. The number of hydrogen-bond donors (Lipinski definition) is 0. The molecule has 0 saturated heterocycles. The average molecular weight is 503 g/mol. The molecule has 1 aliphatic carbocycles. The van der Waals surface area contributed by atoms with Crippen molar-refractivity contribution in [3.63, 3.8) is 0 Å². The first kappa shape index (κ1) is 22.1. The highest BCUT2D eigenvalue weighted by Crippen LogP contribution is 2.41. The van der Waals surface area contributed by atoms with E-state index in [1.165, 1.54) is 44.3 Å². The summed E-state index contributed by atoms with van der Waals surface area (Å²) in [5.41, 5.74) is 12.6. The zero-order valence-corrected chi connectivity index (χ0v) is 21.7. The van der Waals surface area contributed by atoms with Gasteiger partial charge in [0, 0.05) is 34.8 Å². The molecule has 0 spiro atoms. The molecule has 4 heterocycles. The Morgan fingerprint density at radius 2 is 1.26 bits per heavy atom. The van der Waals surface area contributed by atoms with Crippen molar-refractivity contribution in [2.24, 2.45) is 5.92 Å². The van der Waals surface area contributed by atoms with Gasteiger partial charge in [0.2, 0.25) is 0 Å². The molecule has 186 valence electrons. The summed E-state index contributed by atoms with van der Waals surface area (Å²) >= 11 is 0. The fraction of sp³-hybridized carbons (Fsp3) is 0.0857. The first-order valence-corrected chi connectivity index (χ1v) is 13.4. The van der Waals surface area contributed by atoms with Crippen LogP contribution in [-0.2, 0) is 6.42 Å². The molecule has 4 nitrogen and oxygen atoms in total. The van der Waals surface area contributed by atoms with Crippen LogP contribution in [0.3, 0.4) is 0 Å². The molecular formula is C35H26N4. The molecule has 0 radical (unpaired) electrons. The molecule has 1 unspecified atom stereocenters. The quantitative estimate of drug-likeness (QED) is 0.238. The second-order valence-electron chi connectivity index (χ2n) is 10.5. The van der Waals surface area contributed by atoms with Crippen molar-refractivity contribution < 1.29 is 0 Å². The molecular weight excluding hydrogens is 476 g/mol. The number of nitrogens with zero attached hydrogens (tertiary/aromatic N) is 4. The van der Waals surface area contributed by atoms with Crippen LogP contribution < -0.4 is 0 Å². The lowest BCUT2D eigenvalue weighted by atomic mass is 9.94. The van der Waals surface area contributed by atoms with Gasteiger partial charge in [0.25, 0.3) is 0 Å². The van der Waals surface area contributed by atoms with Crippen LogP contribution in [0.4, 0.5) is 0 Å². The minimum atomic E-state index is 0.245. The Morgan fingerprint density at radius 1 is 0.667 bits per heavy atom. The van der Waals surface area contributed by atoms with Gasteiger partial charge in [-0.15, -0.1) is 0 Å². The number of aromatic nitrogens is 4. The fourth-order valence-corrected chi connectivity index (χ4v) is 6.50. The standard InChI is InChI=1S/C35H26N4/c1-22-21-33(39-29-14-6-4-11-26(29)35-32(39)17-9-19-37-35)23(2)20-27-24(22)12-7-15-30(27)38-28-13-5-3-10-25(28)34-31(38)16-8-18-36-34/h3-19,21,23H,1,20H2,2H3. The van der Waals surface area contributed by atoms with Crippen molar-refractivity contribution in [3.8, 4) is 5.69 Å². The van der Waals surface area contributed by atoms with Crippen LogP contribution in [0.25, 0.3) is 60.8 Å². The van der Waals surface area contributed by atoms with Crippen LogP contribution in [0.2, 0.25) is 0 Å². The zero-order chi connectivity index (χ0) is 26.1. The van der Waals surface area contributed by atoms with Gasteiger partial charge >= 0.3 is 0 Å². The Bertz CT molecular complexity index is 2030. The van der Waals surface area contributed by atoms with Gasteiger partial charge in [0.1, 0.15) is 0 Å². The Labute approximate surface area is 226 Å². The van der Waals surface area contributed by atoms with Crippen molar-refractivity contribution in [3.05, 3.63) is 127 Å². The minimum Gasteiger partial charge on any atom is -0.311 e. The minimum absolute atomic E-state index is 0.245. The highest BCUT2D eigenvalue weighted by Gasteiger charge is 2.26. The molecule has 0 aliphatic heterocycles. The van der Waals surface area contributed by atoms with E-state index in [1.807, 2.05) is 24.5 Å². The lowest BCUT2D eigenvalue weighted by molar-refractivity contribution is 0.713. The molecule has 1 aliphatic rings. The van der Waals surface area contributed by atoms with Gasteiger partial charge in [0.15, 0.2) is 0 Å². The van der Waals surface area contributed by atoms with E-state index in [2.05, 4.69) is 108 Å². The Morgan fingerprint density at radius 3 is 1.95 bits per heavy atom. The van der Waals surface area contributed by atoms with Crippen LogP contribution in [0.15, 0.2) is 116 Å². The maximum atomic E-state index is 4.76. The second kappa shape index (κ2) is 8.27. The van der Waals surface area contributed by atoms with E-state index in [9.17, 15) is 0 Å². The average Bonchev–Trinajstić information content (AvgIpc) is 3.45. The van der Waals surface area contributed by atoms with Gasteiger partial charge in [-0.25, -0.2) is 0 Å². The van der Waals surface area contributed by atoms with Crippen molar-refractivity contribution in [1.29, 1.82) is 0 Å². The Kier molecular flexibility index (Phi) is 4.68. The third-order valence-corrected chi connectivity index (χ3v) is 8.19. The highest BCUT2D eigenvalue weighted by atomic mass is 15.0. The van der Waals surface area contributed by atoms with Crippen LogP contribution >= 0.6 is 0 Å². The van der Waals surface area contributed by atoms with Gasteiger partial charge in [-0.1, -0.05) is 62.0 Å². The summed E-state index contributed by atoms with van der Waals surface area (Å²) in [6.07, 6.45) is 6.93. The van der Waals surface area contributed by atoms with Gasteiger partial charge in [-0.05, 0) is 71.7 Å². The predicted molar refractivity (Wildman–Crippen MR) is 162 cm³/mol. The highest BCUT2D eigenvalue weighted by molar-refractivity contribution is 6.09. The summed E-state index contributed by atoms with van der Waals surface area (Å²) in [7, 11) is 0. The summed E-state index contributed by atoms with van der Waals surface area (Å²) in [6, 6.07) is 32.1. The predicted octanol–water partition coefficient (Wildman–Crippen LogP) is 8.43. The van der Waals surface area contributed by atoms with Crippen LogP contribution in [0.5, 0.6) is 0 Å². The van der Waals surface area contributed by atoms with Crippen molar-refractivity contribution in [2.75, 3.05) is 0 Å². The zero-order valence-electron chi connectivity index (χ0n) is 21.7. The van der Waals surface area contributed by atoms with Crippen molar-refractivity contribution in [1.82, 2.24) is 19.1 Å². The van der Waals surface area contributed by atoms with Gasteiger partial charge < -0.3 is 9.13 Å². The number of fused-ring (bicyclic) bond motifs is 7. The van der Waals surface area contributed by atoms with Crippen LogP contribution in [-0.4, -0.2) is 19.1 Å². The normalized spacial score (nSPS) is 15.7. The molecule has 4 aromatic heterocycles. The number of rotatable bonds is 2. The van der Waals surface area contributed by atoms with E-state index in [0.29, 0.717) is 0 Å². The van der Waals surface area contributed by atoms with E-state index >= 15 is 0 Å². The van der Waals surface area contributed by atoms with Gasteiger partial charge in [-0.3, -0.25) is 9.97 Å². The largest absolute Gasteiger partial charge is 0.311 e. The summed E-state index contributed by atoms with van der Waals surface area (Å²) < 4.78 is 4.77. The van der Waals surface area contributed by atoms with Crippen LogP contribution in [0, 0.1) is 5.92 Å². The van der Waals surface area contributed by atoms with Gasteiger partial charge in [0.05, 0.1) is 38.8 Å². The van der Waals surface area contributed by atoms with E-state index in [0.717, 1.165) is 34.1 Å². The molecule has 0 fully saturated rings. The summed E-state index contributed by atoms with van der Waals surface area (Å²) in [5.74, 6) is 0.245. The molecule has 4 heteroatoms. The second-order valence-corrected chi connectivity index (χ2v) is 10.5. The van der Waals surface area contributed by atoms with Crippen molar-refractivity contribution in [2.45, 2.75) is 13.3 Å². The summed E-state index contributed by atoms with van der Waals surface area (Å²) in [6.45, 7) is 6.92. The monoisotopic (exact) mass is 502 g/mol.